The van der Waals surface area contributed by atoms with Crippen molar-refractivity contribution in [3.8, 4) is 45.4 Å². The summed E-state index contributed by atoms with van der Waals surface area (Å²) < 4.78 is 11.7. The van der Waals surface area contributed by atoms with Crippen molar-refractivity contribution in [2.45, 2.75) is 63.6 Å². The second-order valence-corrected chi connectivity index (χ2v) is 14.7. The number of halogens is 2. The van der Waals surface area contributed by atoms with E-state index in [4.69, 9.17) is 42.6 Å². The van der Waals surface area contributed by atoms with Crippen molar-refractivity contribution in [3.05, 3.63) is 80.8 Å². The van der Waals surface area contributed by atoms with E-state index in [9.17, 15) is 4.79 Å². The molecule has 0 radical (unpaired) electrons. The van der Waals surface area contributed by atoms with Gasteiger partial charge in [-0.3, -0.25) is 9.69 Å². The summed E-state index contributed by atoms with van der Waals surface area (Å²) in [6.45, 7) is 5.27. The number of carbonyl (C=O) groups excluding carboxylic acids is 1. The summed E-state index contributed by atoms with van der Waals surface area (Å²) in [6.07, 6.45) is 5.37. The number of nitrogens with zero attached hydrogens (tertiary/aromatic N) is 3. The third-order valence-corrected chi connectivity index (χ3v) is 11.6. The minimum Gasteiger partial charge on any atom is -0.481 e. The van der Waals surface area contributed by atoms with Crippen molar-refractivity contribution in [2.24, 2.45) is 5.92 Å². The van der Waals surface area contributed by atoms with Crippen molar-refractivity contribution in [1.82, 2.24) is 25.5 Å². The van der Waals surface area contributed by atoms with Crippen molar-refractivity contribution >= 4 is 29.1 Å². The number of amides is 1. The SMILES string of the molecule is COc1nc(-c2cccc(-c3cccc(-c4cc5c(c(OC)n4)[C@@H](N4CC(C)C4)CC5)c3Cl)c2Cl)cc2c1[C@@H](NC[C@@H]1CCC(=O)N1)CC2. The van der Waals surface area contributed by atoms with Gasteiger partial charge in [0.15, 0.2) is 0 Å². The normalized spacial score (nSPS) is 21.7. The van der Waals surface area contributed by atoms with Gasteiger partial charge >= 0.3 is 0 Å². The molecule has 2 aromatic carbocycles. The molecule has 4 aromatic rings. The summed E-state index contributed by atoms with van der Waals surface area (Å²) in [6, 6.07) is 17.0. The number of likely N-dealkylation sites (tertiary alicyclic amines) is 1. The Morgan fingerprint density at radius 2 is 1.39 bits per heavy atom. The summed E-state index contributed by atoms with van der Waals surface area (Å²) in [7, 11) is 3.37. The predicted octanol–water partition coefficient (Wildman–Crippen LogP) is 7.60. The minimum atomic E-state index is 0.115. The van der Waals surface area contributed by atoms with Gasteiger partial charge in [-0.25, -0.2) is 9.97 Å². The van der Waals surface area contributed by atoms with Crippen LogP contribution >= 0.6 is 23.2 Å². The van der Waals surface area contributed by atoms with Crippen LogP contribution in [-0.4, -0.2) is 60.7 Å². The Kier molecular flexibility index (Phi) is 8.77. The third-order valence-electron chi connectivity index (χ3n) is 10.7. The molecular weight excluding hydrogens is 657 g/mol. The zero-order valence-electron chi connectivity index (χ0n) is 28.1. The lowest BCUT2D eigenvalue weighted by Crippen LogP contribution is -2.46. The molecule has 8 rings (SSSR count). The van der Waals surface area contributed by atoms with E-state index >= 15 is 0 Å². The van der Waals surface area contributed by atoms with Gasteiger partial charge < -0.3 is 20.1 Å². The first-order chi connectivity index (χ1) is 23.8. The molecular formula is C39H41Cl2N5O3. The Bertz CT molecular complexity index is 1940. The number of benzene rings is 2. The summed E-state index contributed by atoms with van der Waals surface area (Å²) >= 11 is 14.5. The van der Waals surface area contributed by atoms with E-state index in [-0.39, 0.29) is 18.0 Å². The maximum Gasteiger partial charge on any atom is 0.220 e. The average molecular weight is 699 g/mol. The number of ether oxygens (including phenoxy) is 2. The number of pyridine rings is 2. The highest BCUT2D eigenvalue weighted by atomic mass is 35.5. The van der Waals surface area contributed by atoms with Crippen molar-refractivity contribution in [3.63, 3.8) is 0 Å². The van der Waals surface area contributed by atoms with Gasteiger partial charge in [0.05, 0.1) is 35.7 Å². The molecule has 2 saturated heterocycles. The molecule has 4 aliphatic rings. The summed E-state index contributed by atoms with van der Waals surface area (Å²) in [5.74, 6) is 2.15. The molecule has 0 spiro atoms. The van der Waals surface area contributed by atoms with Gasteiger partial charge in [0.25, 0.3) is 0 Å². The Hall–Kier alpha value is -3.69. The number of hydrogen-bond donors (Lipinski definition) is 2. The van der Waals surface area contributed by atoms with E-state index in [0.717, 1.165) is 96.9 Å². The molecule has 10 heteroatoms. The van der Waals surface area contributed by atoms with Gasteiger partial charge in [0, 0.05) is 77.6 Å². The molecule has 254 valence electrons. The molecule has 0 bridgehead atoms. The summed E-state index contributed by atoms with van der Waals surface area (Å²) in [5, 5.41) is 7.86. The first kappa shape index (κ1) is 32.5. The molecule has 2 aromatic heterocycles. The van der Waals surface area contributed by atoms with Crippen LogP contribution in [0.1, 0.15) is 66.9 Å². The molecule has 2 aliphatic heterocycles. The highest BCUT2D eigenvalue weighted by Crippen LogP contribution is 2.47. The van der Waals surface area contributed by atoms with Gasteiger partial charge in [-0.05, 0) is 61.3 Å². The van der Waals surface area contributed by atoms with E-state index in [1.165, 1.54) is 16.7 Å². The Morgan fingerprint density at radius 3 is 1.96 bits per heavy atom. The Morgan fingerprint density at radius 1 is 0.816 bits per heavy atom. The van der Waals surface area contributed by atoms with Crippen LogP contribution in [0.25, 0.3) is 33.6 Å². The van der Waals surface area contributed by atoms with Gasteiger partial charge in [-0.15, -0.1) is 0 Å². The van der Waals surface area contributed by atoms with Crippen LogP contribution < -0.4 is 20.1 Å². The number of nitrogens with one attached hydrogen (secondary N) is 2. The lowest BCUT2D eigenvalue weighted by molar-refractivity contribution is -0.119. The molecule has 4 heterocycles. The number of hydrogen-bond acceptors (Lipinski definition) is 7. The summed E-state index contributed by atoms with van der Waals surface area (Å²) in [4.78, 5) is 24.2. The van der Waals surface area contributed by atoms with Crippen LogP contribution in [0.3, 0.4) is 0 Å². The molecule has 3 atom stereocenters. The maximum atomic E-state index is 11.7. The van der Waals surface area contributed by atoms with Crippen LogP contribution in [0.15, 0.2) is 48.5 Å². The van der Waals surface area contributed by atoms with Crippen LogP contribution in [-0.2, 0) is 17.6 Å². The lowest BCUT2D eigenvalue weighted by Gasteiger charge is -2.42. The molecule has 2 fully saturated rings. The van der Waals surface area contributed by atoms with E-state index in [2.05, 4.69) is 34.6 Å². The molecule has 2 N–H and O–H groups in total. The highest BCUT2D eigenvalue weighted by molar-refractivity contribution is 6.39. The highest BCUT2D eigenvalue weighted by Gasteiger charge is 2.37. The van der Waals surface area contributed by atoms with Crippen LogP contribution in [0, 0.1) is 5.92 Å². The molecule has 0 saturated carbocycles. The van der Waals surface area contributed by atoms with Crippen molar-refractivity contribution < 1.29 is 14.3 Å². The van der Waals surface area contributed by atoms with Gasteiger partial charge in [0.1, 0.15) is 0 Å². The average Bonchev–Trinajstić information content (AvgIpc) is 3.83. The quantitative estimate of drug-likeness (QED) is 0.186. The largest absolute Gasteiger partial charge is 0.481 e. The van der Waals surface area contributed by atoms with Crippen LogP contribution in [0.2, 0.25) is 10.0 Å². The molecule has 49 heavy (non-hydrogen) atoms. The Labute approximate surface area is 297 Å². The van der Waals surface area contributed by atoms with Crippen LogP contribution in [0.5, 0.6) is 11.8 Å². The lowest BCUT2D eigenvalue weighted by atomic mass is 9.96. The van der Waals surface area contributed by atoms with Gasteiger partial charge in [0.2, 0.25) is 17.7 Å². The number of methoxy groups -OCH3 is 2. The molecule has 8 nitrogen and oxygen atoms in total. The number of aromatic nitrogens is 2. The standard InChI is InChI=1S/C39H41Cl2N5O3/c1-21-19-46(20-21)32-14-11-23-17-31(45-39(49-3)35(23)32)28-9-5-7-26(37(28)41)25-6-4-8-27(36(25)40)30-16-22-10-13-29(34(22)38(44-30)48-2)42-18-24-12-15-33(47)43-24/h4-9,16-17,21,24,29,32,42H,10-15,18-20H2,1-3H3,(H,43,47)/t24-,29-,32-/m0/s1. The van der Waals surface area contributed by atoms with E-state index in [0.29, 0.717) is 34.3 Å². The van der Waals surface area contributed by atoms with E-state index in [1.807, 2.05) is 36.4 Å². The first-order valence-electron chi connectivity index (χ1n) is 17.3. The van der Waals surface area contributed by atoms with Crippen LogP contribution in [0.4, 0.5) is 0 Å². The maximum absolute atomic E-state index is 11.7. The fourth-order valence-corrected chi connectivity index (χ4v) is 8.99. The molecule has 2 aliphatic carbocycles. The van der Waals surface area contributed by atoms with Gasteiger partial charge in [-0.1, -0.05) is 66.5 Å². The minimum absolute atomic E-state index is 0.115. The second-order valence-electron chi connectivity index (χ2n) is 13.9. The number of fused-ring (bicyclic) bond motifs is 2. The zero-order chi connectivity index (χ0) is 33.8. The van der Waals surface area contributed by atoms with Crippen molar-refractivity contribution in [1.29, 1.82) is 0 Å². The molecule has 1 amide bonds. The van der Waals surface area contributed by atoms with Gasteiger partial charge in [-0.2, -0.15) is 0 Å². The predicted molar refractivity (Wildman–Crippen MR) is 193 cm³/mol. The first-order valence-corrected chi connectivity index (χ1v) is 18.1. The topological polar surface area (TPSA) is 88.6 Å². The Balaban J connectivity index is 1.10. The van der Waals surface area contributed by atoms with E-state index in [1.54, 1.807) is 14.2 Å². The fraction of sp³-hybridized carbons (Fsp3) is 0.410. The van der Waals surface area contributed by atoms with Crippen molar-refractivity contribution in [2.75, 3.05) is 33.9 Å². The number of carbonyl (C=O) groups is 1. The third kappa shape index (κ3) is 5.86. The number of aryl methyl sites for hydroxylation is 2. The number of rotatable bonds is 9. The fourth-order valence-electron chi connectivity index (χ4n) is 8.34. The monoisotopic (exact) mass is 697 g/mol. The smallest absolute Gasteiger partial charge is 0.220 e. The second kappa shape index (κ2) is 13.2. The molecule has 0 unspecified atom stereocenters. The zero-order valence-corrected chi connectivity index (χ0v) is 29.6. The summed E-state index contributed by atoms with van der Waals surface area (Å²) in [5.41, 5.74) is 9.66. The van der Waals surface area contributed by atoms with E-state index < -0.39 is 0 Å².